The van der Waals surface area contributed by atoms with Gasteiger partial charge < -0.3 is 25.8 Å². The van der Waals surface area contributed by atoms with Crippen molar-refractivity contribution in [1.82, 2.24) is 0 Å². The standard InChI is InChI=1S/C14H15NO.C10H8O2S.C2H6O/c15-13(11-7-3-1-4-8-11)14(16)12-9-5-2-6-10-12;11-10(12)5-7-6-13-9-4-2-1-3-8(7)9;1-2-3/h1-10,13-14,16H,15H2;1-4,6H,5H2,(H,11,12);3H,2H2,1H3/t13-,14+;;/m0../s1. The van der Waals surface area contributed by atoms with E-state index in [1.54, 1.807) is 18.3 Å². The maximum Gasteiger partial charge on any atom is 0.140 e. The number of hydrogen-bond acceptors (Lipinski definition) is 5. The zero-order valence-electron chi connectivity index (χ0n) is 18.1. The van der Waals surface area contributed by atoms with Crippen LogP contribution in [0, 0.1) is 0 Å². The molecule has 0 unspecified atom stereocenters. The summed E-state index contributed by atoms with van der Waals surface area (Å²) in [4.78, 5) is 10.4. The highest BCUT2D eigenvalue weighted by Gasteiger charge is 2.21. The molecule has 3 aromatic carbocycles. The number of rotatable bonds is 5. The van der Waals surface area contributed by atoms with Gasteiger partial charge in [0, 0.05) is 29.3 Å². The van der Waals surface area contributed by atoms with Crippen LogP contribution in [0.1, 0.15) is 35.8 Å². The highest BCUT2D eigenvalue weighted by molar-refractivity contribution is 7.17. The number of carbonyl (C=O) groups excluding carboxylic acids is 1. The predicted octanol–water partition coefficient (Wildman–Crippen LogP) is 2.90. The van der Waals surface area contributed by atoms with Crippen molar-refractivity contribution in [3.8, 4) is 0 Å². The number of carboxylic acid groups (broad SMARTS) is 1. The summed E-state index contributed by atoms with van der Waals surface area (Å²) >= 11 is 1.56. The molecule has 2 atom stereocenters. The number of quaternary nitrogens is 1. The Morgan fingerprint density at radius 2 is 1.44 bits per heavy atom. The monoisotopic (exact) mass is 451 g/mol. The summed E-state index contributed by atoms with van der Waals surface area (Å²) in [5.74, 6) is -1.02. The third-order valence-electron chi connectivity index (χ3n) is 4.65. The van der Waals surface area contributed by atoms with Crippen LogP contribution in [0.2, 0.25) is 0 Å². The number of aliphatic hydroxyl groups excluding tert-OH is 2. The van der Waals surface area contributed by atoms with E-state index in [0.29, 0.717) is 0 Å². The SMILES string of the molecule is CCO.O=C([O-])Cc1csc2ccccc12.[NH3+][C@@H](c1ccccc1)[C@H](O)c1ccccc1. The first kappa shape index (κ1) is 25.2. The molecule has 168 valence electrons. The van der Waals surface area contributed by atoms with Gasteiger partial charge in [-0.15, -0.1) is 11.3 Å². The van der Waals surface area contributed by atoms with Gasteiger partial charge in [0.25, 0.3) is 0 Å². The molecule has 0 saturated carbocycles. The minimum atomic E-state index is -1.02. The minimum Gasteiger partial charge on any atom is -0.550 e. The molecule has 6 heteroatoms. The first-order valence-corrected chi connectivity index (χ1v) is 11.2. The molecule has 1 aromatic heterocycles. The van der Waals surface area contributed by atoms with Crippen molar-refractivity contribution < 1.29 is 25.8 Å². The molecule has 0 aliphatic carbocycles. The summed E-state index contributed by atoms with van der Waals surface area (Å²) < 4.78 is 1.12. The summed E-state index contributed by atoms with van der Waals surface area (Å²) in [5, 5.41) is 31.1. The van der Waals surface area contributed by atoms with Crippen LogP contribution in [-0.2, 0) is 11.2 Å². The molecule has 0 aliphatic rings. The van der Waals surface area contributed by atoms with Gasteiger partial charge in [0.05, 0.1) is 0 Å². The van der Waals surface area contributed by atoms with E-state index in [-0.39, 0.29) is 19.1 Å². The fourth-order valence-corrected chi connectivity index (χ4v) is 4.05. The van der Waals surface area contributed by atoms with Crippen molar-refractivity contribution in [3.05, 3.63) is 107 Å². The third-order valence-corrected chi connectivity index (χ3v) is 5.66. The predicted molar refractivity (Wildman–Crippen MR) is 127 cm³/mol. The van der Waals surface area contributed by atoms with Crippen LogP contribution < -0.4 is 10.8 Å². The van der Waals surface area contributed by atoms with E-state index in [2.05, 4.69) is 5.73 Å². The van der Waals surface area contributed by atoms with Gasteiger partial charge in [-0.2, -0.15) is 0 Å². The van der Waals surface area contributed by atoms with Gasteiger partial charge in [-0.05, 0) is 34.9 Å². The lowest BCUT2D eigenvalue weighted by Crippen LogP contribution is -2.56. The number of benzene rings is 3. The van der Waals surface area contributed by atoms with E-state index in [1.165, 1.54) is 0 Å². The first-order chi connectivity index (χ1) is 15.5. The highest BCUT2D eigenvalue weighted by Crippen LogP contribution is 2.26. The van der Waals surface area contributed by atoms with E-state index in [1.807, 2.05) is 90.3 Å². The molecule has 0 bridgehead atoms. The maximum atomic E-state index is 10.4. The van der Waals surface area contributed by atoms with E-state index in [9.17, 15) is 15.0 Å². The summed E-state index contributed by atoms with van der Waals surface area (Å²) in [7, 11) is 0. The third kappa shape index (κ3) is 7.59. The number of fused-ring (bicyclic) bond motifs is 1. The van der Waals surface area contributed by atoms with Gasteiger partial charge in [-0.25, -0.2) is 0 Å². The van der Waals surface area contributed by atoms with E-state index < -0.39 is 12.1 Å². The van der Waals surface area contributed by atoms with Crippen LogP contribution in [0.4, 0.5) is 0 Å². The molecule has 0 spiro atoms. The lowest BCUT2D eigenvalue weighted by atomic mass is 9.97. The first-order valence-electron chi connectivity index (χ1n) is 10.3. The average molecular weight is 452 g/mol. The van der Waals surface area contributed by atoms with Crippen LogP contribution in [0.3, 0.4) is 0 Å². The molecule has 0 fully saturated rings. The second-order valence-corrected chi connectivity index (χ2v) is 7.91. The molecular weight excluding hydrogens is 422 g/mol. The molecular formula is C26H29NO4S. The van der Waals surface area contributed by atoms with Crippen LogP contribution in [0.15, 0.2) is 90.3 Å². The van der Waals surface area contributed by atoms with Crippen molar-refractivity contribution in [1.29, 1.82) is 0 Å². The number of carbonyl (C=O) groups is 1. The summed E-state index contributed by atoms with van der Waals surface area (Å²) in [6.45, 7) is 1.93. The molecule has 4 aromatic rings. The van der Waals surface area contributed by atoms with Gasteiger partial charge in [0.1, 0.15) is 12.1 Å². The zero-order chi connectivity index (χ0) is 23.3. The Kier molecular flexibility index (Phi) is 10.6. The van der Waals surface area contributed by atoms with Crippen LogP contribution in [0.5, 0.6) is 0 Å². The number of aliphatic hydroxyl groups is 2. The number of thiophene rings is 1. The lowest BCUT2D eigenvalue weighted by molar-refractivity contribution is -0.446. The quantitative estimate of drug-likeness (QED) is 0.433. The van der Waals surface area contributed by atoms with Gasteiger partial charge in [0.2, 0.25) is 0 Å². The Morgan fingerprint density at radius 1 is 0.938 bits per heavy atom. The Labute approximate surface area is 192 Å². The normalized spacial score (nSPS) is 12.0. The van der Waals surface area contributed by atoms with Gasteiger partial charge in [-0.3, -0.25) is 0 Å². The summed E-state index contributed by atoms with van der Waals surface area (Å²) in [5.41, 5.74) is 6.85. The van der Waals surface area contributed by atoms with E-state index in [0.717, 1.165) is 26.8 Å². The van der Waals surface area contributed by atoms with Crippen LogP contribution in [0.25, 0.3) is 10.1 Å². The zero-order valence-corrected chi connectivity index (χ0v) is 18.9. The topological polar surface area (TPSA) is 108 Å². The second-order valence-electron chi connectivity index (χ2n) is 6.99. The van der Waals surface area contributed by atoms with E-state index in [4.69, 9.17) is 5.11 Å². The van der Waals surface area contributed by atoms with Crippen molar-refractivity contribution in [2.75, 3.05) is 6.61 Å². The average Bonchev–Trinajstić information content (AvgIpc) is 3.22. The van der Waals surface area contributed by atoms with Crippen molar-refractivity contribution in [2.45, 2.75) is 25.5 Å². The van der Waals surface area contributed by atoms with E-state index >= 15 is 0 Å². The molecule has 5 N–H and O–H groups in total. The molecule has 4 rings (SSSR count). The molecule has 0 saturated heterocycles. The molecule has 0 amide bonds. The van der Waals surface area contributed by atoms with Crippen LogP contribution >= 0.6 is 11.3 Å². The number of carboxylic acids is 1. The Morgan fingerprint density at radius 3 is 2.00 bits per heavy atom. The van der Waals surface area contributed by atoms with Crippen molar-refractivity contribution in [2.24, 2.45) is 0 Å². The molecule has 0 aliphatic heterocycles. The Bertz CT molecular complexity index is 1020. The molecule has 5 nitrogen and oxygen atoms in total. The molecule has 0 radical (unpaired) electrons. The van der Waals surface area contributed by atoms with Crippen LogP contribution in [-0.4, -0.2) is 22.8 Å². The highest BCUT2D eigenvalue weighted by atomic mass is 32.1. The second kappa shape index (κ2) is 13.4. The molecule has 32 heavy (non-hydrogen) atoms. The van der Waals surface area contributed by atoms with Gasteiger partial charge in [0.15, 0.2) is 0 Å². The summed E-state index contributed by atoms with van der Waals surface area (Å²) in [6.07, 6.45) is -0.548. The minimum absolute atomic E-state index is 0.00398. The fraction of sp³-hybridized carbons (Fsp3) is 0.192. The smallest absolute Gasteiger partial charge is 0.140 e. The number of hydrogen-bond donors (Lipinski definition) is 3. The largest absolute Gasteiger partial charge is 0.550 e. The number of aliphatic carboxylic acids is 1. The van der Waals surface area contributed by atoms with Crippen molar-refractivity contribution in [3.63, 3.8) is 0 Å². The molecule has 1 heterocycles. The van der Waals surface area contributed by atoms with Gasteiger partial charge >= 0.3 is 0 Å². The van der Waals surface area contributed by atoms with Gasteiger partial charge in [-0.1, -0.05) is 78.9 Å². The van der Waals surface area contributed by atoms with Crippen molar-refractivity contribution >= 4 is 27.4 Å². The Hall–Kier alpha value is -3.03. The lowest BCUT2D eigenvalue weighted by Gasteiger charge is -2.16. The maximum absolute atomic E-state index is 10.4. The Balaban J connectivity index is 0.000000206. The summed E-state index contributed by atoms with van der Waals surface area (Å²) in [6, 6.07) is 27.2. The fourth-order valence-electron chi connectivity index (χ4n) is 3.09.